The quantitative estimate of drug-likeness (QED) is 0.0295. The van der Waals surface area contributed by atoms with Gasteiger partial charge in [-0.3, -0.25) is 14.1 Å². The summed E-state index contributed by atoms with van der Waals surface area (Å²) in [6, 6.07) is 0. The van der Waals surface area contributed by atoms with E-state index in [4.69, 9.17) is 19.3 Å². The molecule has 2 N–H and O–H groups in total. The van der Waals surface area contributed by atoms with Gasteiger partial charge >= 0.3 is 19.8 Å². The highest BCUT2D eigenvalue weighted by Crippen LogP contribution is 2.36. The van der Waals surface area contributed by atoms with Crippen LogP contribution >= 0.6 is 7.82 Å². The molecule has 0 aromatic rings. The highest BCUT2D eigenvalue weighted by molar-refractivity contribution is 7.46. The van der Waals surface area contributed by atoms with Gasteiger partial charge in [0.1, 0.15) is 6.61 Å². The molecule has 0 spiro atoms. The number of phosphoric acid groups is 1. The second-order valence-electron chi connectivity index (χ2n) is 12.9. The summed E-state index contributed by atoms with van der Waals surface area (Å²) < 4.78 is 26.3. The van der Waals surface area contributed by atoms with E-state index < -0.39 is 32.5 Å². The highest BCUT2D eigenvalue weighted by Gasteiger charge is 2.22. The molecular formula is C37H71O8P. The molecule has 0 amide bonds. The number of phosphoric ester groups is 1. The summed E-state index contributed by atoms with van der Waals surface area (Å²) in [6.07, 6.45) is 35.0. The van der Waals surface area contributed by atoms with Crippen molar-refractivity contribution in [2.45, 2.75) is 200 Å². The normalized spacial score (nSPS) is 12.5. The van der Waals surface area contributed by atoms with E-state index in [9.17, 15) is 14.2 Å². The first-order chi connectivity index (χ1) is 22.3. The fourth-order valence-electron chi connectivity index (χ4n) is 5.43. The Morgan fingerprint density at radius 3 is 1.33 bits per heavy atom. The summed E-state index contributed by atoms with van der Waals surface area (Å²) in [5.74, 6) is -0.887. The Kier molecular flexibility index (Phi) is 32.8. The first-order valence-corrected chi connectivity index (χ1v) is 20.5. The zero-order valence-corrected chi connectivity index (χ0v) is 30.6. The van der Waals surface area contributed by atoms with Crippen molar-refractivity contribution in [2.75, 3.05) is 13.2 Å². The van der Waals surface area contributed by atoms with Crippen LogP contribution in [0.4, 0.5) is 0 Å². The maximum Gasteiger partial charge on any atom is 0.469 e. The number of unbranched alkanes of at least 4 members (excludes halogenated alkanes) is 23. The summed E-state index contributed by atoms with van der Waals surface area (Å²) in [7, 11) is -4.74. The molecule has 0 rings (SSSR count). The average molecular weight is 675 g/mol. The third kappa shape index (κ3) is 35.6. The van der Waals surface area contributed by atoms with Crippen molar-refractivity contribution < 1.29 is 37.9 Å². The lowest BCUT2D eigenvalue weighted by molar-refractivity contribution is -0.161. The molecule has 0 aromatic heterocycles. The van der Waals surface area contributed by atoms with E-state index in [1.54, 1.807) is 0 Å². The number of hydrogen-bond acceptors (Lipinski definition) is 6. The second kappa shape index (κ2) is 33.7. The molecular weight excluding hydrogens is 603 g/mol. The molecule has 0 aliphatic rings. The second-order valence-corrected chi connectivity index (χ2v) is 14.1. The van der Waals surface area contributed by atoms with Gasteiger partial charge in [-0.25, -0.2) is 4.57 Å². The van der Waals surface area contributed by atoms with E-state index in [2.05, 4.69) is 30.5 Å². The van der Waals surface area contributed by atoms with Gasteiger partial charge in [0.2, 0.25) is 0 Å². The Morgan fingerprint density at radius 1 is 0.543 bits per heavy atom. The smallest absolute Gasteiger partial charge is 0.462 e. The van der Waals surface area contributed by atoms with Crippen LogP contribution in [0, 0.1) is 0 Å². The Balaban J connectivity index is 3.95. The van der Waals surface area contributed by atoms with Crippen molar-refractivity contribution >= 4 is 19.8 Å². The SMILES string of the molecule is CCCCCCC/C=C/CCCCCCCC(=O)OC[C@H](COP(=O)(O)O)OC(=O)CCCCCCCCCCCCCCCC. The Bertz CT molecular complexity index is 766. The molecule has 9 heteroatoms. The predicted octanol–water partition coefficient (Wildman–Crippen LogP) is 11.1. The van der Waals surface area contributed by atoms with Crippen LogP contribution in [0.15, 0.2) is 12.2 Å². The summed E-state index contributed by atoms with van der Waals surface area (Å²) in [5, 5.41) is 0. The van der Waals surface area contributed by atoms with Crippen LogP contribution in [-0.2, 0) is 28.2 Å². The zero-order valence-electron chi connectivity index (χ0n) is 29.7. The largest absolute Gasteiger partial charge is 0.469 e. The van der Waals surface area contributed by atoms with Crippen LogP contribution in [0.2, 0.25) is 0 Å². The van der Waals surface area contributed by atoms with Crippen molar-refractivity contribution in [3.8, 4) is 0 Å². The third-order valence-electron chi connectivity index (χ3n) is 8.28. The number of allylic oxidation sites excluding steroid dienone is 2. The molecule has 1 atom stereocenters. The van der Waals surface area contributed by atoms with E-state index in [1.165, 1.54) is 103 Å². The molecule has 0 aromatic carbocycles. The van der Waals surface area contributed by atoms with E-state index in [0.717, 1.165) is 57.8 Å². The molecule has 0 aliphatic carbocycles. The number of carbonyl (C=O) groups is 2. The van der Waals surface area contributed by atoms with Gasteiger partial charge in [0.05, 0.1) is 6.61 Å². The molecule has 0 fully saturated rings. The number of hydrogen-bond donors (Lipinski definition) is 2. The molecule has 0 bridgehead atoms. The van der Waals surface area contributed by atoms with Gasteiger partial charge in [-0.05, 0) is 38.5 Å². The summed E-state index contributed by atoms with van der Waals surface area (Å²) >= 11 is 0. The van der Waals surface area contributed by atoms with Gasteiger partial charge in [0, 0.05) is 12.8 Å². The topological polar surface area (TPSA) is 119 Å². The maximum atomic E-state index is 12.3. The van der Waals surface area contributed by atoms with Crippen molar-refractivity contribution in [1.29, 1.82) is 0 Å². The minimum absolute atomic E-state index is 0.216. The lowest BCUT2D eigenvalue weighted by Crippen LogP contribution is -2.29. The molecule has 0 radical (unpaired) electrons. The van der Waals surface area contributed by atoms with E-state index in [0.29, 0.717) is 6.42 Å². The molecule has 0 heterocycles. The first kappa shape index (κ1) is 44.8. The maximum absolute atomic E-state index is 12.3. The van der Waals surface area contributed by atoms with E-state index in [-0.39, 0.29) is 19.4 Å². The monoisotopic (exact) mass is 674 g/mol. The van der Waals surface area contributed by atoms with Crippen LogP contribution in [-0.4, -0.2) is 41.0 Å². The van der Waals surface area contributed by atoms with Crippen molar-refractivity contribution in [3.05, 3.63) is 12.2 Å². The Labute approximate surface area is 282 Å². The van der Waals surface area contributed by atoms with Crippen LogP contribution in [0.1, 0.15) is 194 Å². The lowest BCUT2D eigenvalue weighted by atomic mass is 10.0. The molecule has 46 heavy (non-hydrogen) atoms. The third-order valence-corrected chi connectivity index (χ3v) is 8.77. The van der Waals surface area contributed by atoms with Gasteiger partial charge in [-0.2, -0.15) is 0 Å². The summed E-state index contributed by atoms with van der Waals surface area (Å²) in [5.41, 5.74) is 0. The van der Waals surface area contributed by atoms with Crippen LogP contribution in [0.5, 0.6) is 0 Å². The lowest BCUT2D eigenvalue weighted by Gasteiger charge is -2.18. The van der Waals surface area contributed by atoms with Crippen LogP contribution in [0.3, 0.4) is 0 Å². The summed E-state index contributed by atoms with van der Waals surface area (Å²) in [6.45, 7) is 3.67. The molecule has 0 saturated carbocycles. The van der Waals surface area contributed by atoms with Crippen molar-refractivity contribution in [2.24, 2.45) is 0 Å². The number of rotatable bonds is 35. The Morgan fingerprint density at radius 2 is 0.913 bits per heavy atom. The first-order valence-electron chi connectivity index (χ1n) is 19.0. The molecule has 0 aliphatic heterocycles. The minimum Gasteiger partial charge on any atom is -0.462 e. The fourth-order valence-corrected chi connectivity index (χ4v) is 5.79. The van der Waals surface area contributed by atoms with E-state index >= 15 is 0 Å². The van der Waals surface area contributed by atoms with Gasteiger partial charge in [0.25, 0.3) is 0 Å². The van der Waals surface area contributed by atoms with Crippen molar-refractivity contribution in [3.63, 3.8) is 0 Å². The number of esters is 2. The van der Waals surface area contributed by atoms with Gasteiger partial charge < -0.3 is 19.3 Å². The zero-order chi connectivity index (χ0) is 34.0. The molecule has 8 nitrogen and oxygen atoms in total. The molecule has 0 unspecified atom stereocenters. The van der Waals surface area contributed by atoms with Crippen LogP contribution < -0.4 is 0 Å². The van der Waals surface area contributed by atoms with Gasteiger partial charge in [-0.1, -0.05) is 154 Å². The van der Waals surface area contributed by atoms with Gasteiger partial charge in [-0.15, -0.1) is 0 Å². The number of ether oxygens (including phenoxy) is 2. The highest BCUT2D eigenvalue weighted by atomic mass is 31.2. The minimum atomic E-state index is -4.74. The summed E-state index contributed by atoms with van der Waals surface area (Å²) in [4.78, 5) is 42.7. The average Bonchev–Trinajstić information content (AvgIpc) is 3.02. The molecule has 0 saturated heterocycles. The van der Waals surface area contributed by atoms with Gasteiger partial charge in [0.15, 0.2) is 6.10 Å². The predicted molar refractivity (Wildman–Crippen MR) is 189 cm³/mol. The van der Waals surface area contributed by atoms with Crippen LogP contribution in [0.25, 0.3) is 0 Å². The van der Waals surface area contributed by atoms with Crippen molar-refractivity contribution in [1.82, 2.24) is 0 Å². The fraction of sp³-hybridized carbons (Fsp3) is 0.892. The van der Waals surface area contributed by atoms with E-state index in [1.807, 2.05) is 0 Å². The molecule has 272 valence electrons. The standard InChI is InChI=1S/C37H71O8P/c1-3-5-7-9-11-13-15-17-19-21-23-25-27-29-31-36(38)43-33-35(34-44-46(40,41)42)45-37(39)32-30-28-26-24-22-20-18-16-14-12-10-8-6-4-2/h15,17,35H,3-14,16,18-34H2,1-2H3,(H2,40,41,42)/b17-15+/t35-/m1/s1. The Hall–Kier alpha value is -1.21. The number of carbonyl (C=O) groups excluding carboxylic acids is 2.